The van der Waals surface area contributed by atoms with Crippen LogP contribution in [0.2, 0.25) is 0 Å². The number of rotatable bonds is 45. The Bertz CT molecular complexity index is 834. The van der Waals surface area contributed by atoms with Gasteiger partial charge in [-0.3, -0.25) is 14.4 Å². The van der Waals surface area contributed by atoms with Crippen LogP contribution in [0.4, 0.5) is 0 Å². The Labute approximate surface area is 344 Å². The topological polar surface area (TPSA) is 118 Å². The summed E-state index contributed by atoms with van der Waals surface area (Å²) in [6, 6.07) is 0. The van der Waals surface area contributed by atoms with Gasteiger partial charge in [-0.2, -0.15) is 0 Å². The number of unbranched alkanes of at least 4 members (excludes halogenated alkanes) is 25. The maximum Gasteiger partial charge on any atom is 0.305 e. The number of hydrogen-bond donors (Lipinski definition) is 1. The lowest BCUT2D eigenvalue weighted by Crippen LogP contribution is -2.25. The van der Waals surface area contributed by atoms with Crippen molar-refractivity contribution in [2.24, 2.45) is 5.92 Å². The first-order valence-electron chi connectivity index (χ1n) is 23.8. The predicted octanol–water partition coefficient (Wildman–Crippen LogP) is 12.5. The highest BCUT2D eigenvalue weighted by molar-refractivity contribution is 5.70. The molecule has 0 aliphatic heterocycles. The van der Waals surface area contributed by atoms with E-state index in [4.69, 9.17) is 23.7 Å². The molecule has 0 aliphatic carbocycles. The fourth-order valence-electron chi connectivity index (χ4n) is 6.63. The average Bonchev–Trinajstić information content (AvgIpc) is 3.20. The summed E-state index contributed by atoms with van der Waals surface area (Å²) in [4.78, 5) is 36.8. The van der Waals surface area contributed by atoms with Crippen LogP contribution in [0, 0.1) is 5.92 Å². The quantitative estimate of drug-likeness (QED) is 0.0278. The predicted molar refractivity (Wildman–Crippen MR) is 229 cm³/mol. The second-order valence-corrected chi connectivity index (χ2v) is 16.0. The third kappa shape index (κ3) is 40.5. The standard InChI is InChI=1S/C47H90O9/c1-4-7-10-13-16-22-27-30-37-52-44(49)33-28-23-20-18-17-19-21-24-29-34-45(50)55-41-43(40-48)42-56-46(51)35-36-47(53-38-31-25-14-11-8-5-2)54-39-32-26-15-12-9-6-3/h43,47-48H,4-42H2,1-3H3. The second kappa shape index (κ2) is 44.4. The molecule has 0 bridgehead atoms. The van der Waals surface area contributed by atoms with E-state index >= 15 is 0 Å². The van der Waals surface area contributed by atoms with Crippen molar-refractivity contribution in [2.75, 3.05) is 39.6 Å². The van der Waals surface area contributed by atoms with E-state index in [0.717, 1.165) is 83.5 Å². The summed E-state index contributed by atoms with van der Waals surface area (Å²) in [5, 5.41) is 9.77. The van der Waals surface area contributed by atoms with E-state index < -0.39 is 12.2 Å². The van der Waals surface area contributed by atoms with Gasteiger partial charge < -0.3 is 28.8 Å². The van der Waals surface area contributed by atoms with Gasteiger partial charge >= 0.3 is 17.9 Å². The Morgan fingerprint density at radius 2 is 0.714 bits per heavy atom. The van der Waals surface area contributed by atoms with Crippen LogP contribution in [0.15, 0.2) is 0 Å². The number of carbonyl (C=O) groups is 3. The van der Waals surface area contributed by atoms with Gasteiger partial charge in [-0.15, -0.1) is 0 Å². The zero-order valence-electron chi connectivity index (χ0n) is 36.9. The fraction of sp³-hybridized carbons (Fsp3) is 0.936. The molecule has 332 valence electrons. The fourth-order valence-corrected chi connectivity index (χ4v) is 6.63. The van der Waals surface area contributed by atoms with E-state index in [1.807, 2.05) is 0 Å². The van der Waals surface area contributed by atoms with Crippen LogP contribution >= 0.6 is 0 Å². The third-order valence-electron chi connectivity index (χ3n) is 10.4. The van der Waals surface area contributed by atoms with Gasteiger partial charge in [0.1, 0.15) is 0 Å². The molecule has 1 atom stereocenters. The Kier molecular flexibility index (Phi) is 43.0. The van der Waals surface area contributed by atoms with Crippen LogP contribution in [0.5, 0.6) is 0 Å². The first-order chi connectivity index (χ1) is 27.5. The molecule has 0 saturated carbocycles. The smallest absolute Gasteiger partial charge is 0.305 e. The van der Waals surface area contributed by atoms with Gasteiger partial charge in [0.05, 0.1) is 38.8 Å². The van der Waals surface area contributed by atoms with Crippen molar-refractivity contribution in [2.45, 2.75) is 239 Å². The van der Waals surface area contributed by atoms with Crippen LogP contribution in [-0.4, -0.2) is 68.9 Å². The first-order valence-corrected chi connectivity index (χ1v) is 23.8. The van der Waals surface area contributed by atoms with Crippen LogP contribution in [0.25, 0.3) is 0 Å². The number of esters is 3. The van der Waals surface area contributed by atoms with E-state index in [2.05, 4.69) is 20.8 Å². The summed E-state index contributed by atoms with van der Waals surface area (Å²) in [5.74, 6) is -1.14. The molecule has 0 amide bonds. The molecule has 1 N–H and O–H groups in total. The molecule has 0 aromatic rings. The monoisotopic (exact) mass is 799 g/mol. The van der Waals surface area contributed by atoms with Crippen LogP contribution in [-0.2, 0) is 38.1 Å². The maximum absolute atomic E-state index is 12.5. The zero-order valence-corrected chi connectivity index (χ0v) is 36.9. The van der Waals surface area contributed by atoms with Crippen molar-refractivity contribution in [1.82, 2.24) is 0 Å². The molecule has 0 aromatic heterocycles. The summed E-state index contributed by atoms with van der Waals surface area (Å²) in [7, 11) is 0. The third-order valence-corrected chi connectivity index (χ3v) is 10.4. The number of aliphatic hydroxyl groups excluding tert-OH is 1. The minimum Gasteiger partial charge on any atom is -0.466 e. The largest absolute Gasteiger partial charge is 0.466 e. The van der Waals surface area contributed by atoms with Crippen LogP contribution < -0.4 is 0 Å². The molecule has 9 nitrogen and oxygen atoms in total. The van der Waals surface area contributed by atoms with E-state index in [1.165, 1.54) is 103 Å². The SMILES string of the molecule is CCCCCCCCCCOC(=O)CCCCCCCCCCCC(=O)OCC(CO)COC(=O)CCC(OCCCCCCCC)OCCCCCCCC. The molecular weight excluding hydrogens is 709 g/mol. The summed E-state index contributed by atoms with van der Waals surface area (Å²) in [6.07, 6.45) is 34.7. The van der Waals surface area contributed by atoms with Crippen molar-refractivity contribution in [3.63, 3.8) is 0 Å². The van der Waals surface area contributed by atoms with Crippen LogP contribution in [0.3, 0.4) is 0 Å². The van der Waals surface area contributed by atoms with Gasteiger partial charge in [0, 0.05) is 32.5 Å². The minimum absolute atomic E-state index is 0.00789. The lowest BCUT2D eigenvalue weighted by atomic mass is 10.1. The molecule has 0 fully saturated rings. The van der Waals surface area contributed by atoms with Gasteiger partial charge in [0.2, 0.25) is 0 Å². The van der Waals surface area contributed by atoms with E-state index in [0.29, 0.717) is 39.1 Å². The first kappa shape index (κ1) is 54.3. The Balaban J connectivity index is 3.94. The Morgan fingerprint density at radius 3 is 1.11 bits per heavy atom. The normalized spacial score (nSPS) is 11.9. The van der Waals surface area contributed by atoms with E-state index in [1.54, 1.807) is 0 Å². The number of carbonyl (C=O) groups excluding carboxylic acids is 3. The van der Waals surface area contributed by atoms with Gasteiger partial charge in [-0.05, 0) is 32.1 Å². The average molecular weight is 799 g/mol. The number of ether oxygens (including phenoxy) is 5. The highest BCUT2D eigenvalue weighted by Gasteiger charge is 2.17. The Hall–Kier alpha value is -1.71. The molecule has 56 heavy (non-hydrogen) atoms. The molecule has 0 aliphatic rings. The highest BCUT2D eigenvalue weighted by Crippen LogP contribution is 2.15. The molecule has 0 rings (SSSR count). The van der Waals surface area contributed by atoms with Crippen molar-refractivity contribution in [3.05, 3.63) is 0 Å². The molecular formula is C47H90O9. The second-order valence-electron chi connectivity index (χ2n) is 16.0. The number of hydrogen-bond acceptors (Lipinski definition) is 9. The van der Waals surface area contributed by atoms with Crippen LogP contribution in [0.1, 0.15) is 233 Å². The van der Waals surface area contributed by atoms with E-state index in [-0.39, 0.29) is 44.1 Å². The van der Waals surface area contributed by atoms with Crippen molar-refractivity contribution in [1.29, 1.82) is 0 Å². The van der Waals surface area contributed by atoms with Crippen molar-refractivity contribution in [3.8, 4) is 0 Å². The molecule has 0 saturated heterocycles. The van der Waals surface area contributed by atoms with Crippen molar-refractivity contribution >= 4 is 17.9 Å². The number of aliphatic hydroxyl groups is 1. The maximum atomic E-state index is 12.5. The Morgan fingerprint density at radius 1 is 0.393 bits per heavy atom. The summed E-state index contributed by atoms with van der Waals surface area (Å²) >= 11 is 0. The molecule has 0 heterocycles. The minimum atomic E-state index is -0.447. The molecule has 1 unspecified atom stereocenters. The van der Waals surface area contributed by atoms with E-state index in [9.17, 15) is 19.5 Å². The van der Waals surface area contributed by atoms with Crippen molar-refractivity contribution < 1.29 is 43.2 Å². The highest BCUT2D eigenvalue weighted by atomic mass is 16.7. The summed E-state index contributed by atoms with van der Waals surface area (Å²) < 4.78 is 28.2. The van der Waals surface area contributed by atoms with Gasteiger partial charge in [0.25, 0.3) is 0 Å². The molecule has 9 heteroatoms. The molecule has 0 spiro atoms. The summed E-state index contributed by atoms with van der Waals surface area (Å²) in [6.45, 7) is 8.31. The zero-order chi connectivity index (χ0) is 41.0. The molecule has 0 radical (unpaired) electrons. The molecule has 0 aromatic carbocycles. The van der Waals surface area contributed by atoms with Gasteiger partial charge in [0.15, 0.2) is 6.29 Å². The van der Waals surface area contributed by atoms with Gasteiger partial charge in [-0.1, -0.05) is 175 Å². The van der Waals surface area contributed by atoms with Gasteiger partial charge in [-0.25, -0.2) is 0 Å². The lowest BCUT2D eigenvalue weighted by molar-refractivity contribution is -0.161. The lowest BCUT2D eigenvalue weighted by Gasteiger charge is -2.19. The summed E-state index contributed by atoms with van der Waals surface area (Å²) in [5.41, 5.74) is 0.